The molecule has 0 radical (unpaired) electrons. The van der Waals surface area contributed by atoms with Crippen molar-refractivity contribution in [3.05, 3.63) is 59.4 Å². The highest BCUT2D eigenvalue weighted by Gasteiger charge is 2.07. The predicted molar refractivity (Wildman–Crippen MR) is 76.3 cm³/mol. The highest BCUT2D eigenvalue weighted by Crippen LogP contribution is 2.26. The van der Waals surface area contributed by atoms with Crippen LogP contribution >= 0.6 is 0 Å². The summed E-state index contributed by atoms with van der Waals surface area (Å²) in [5.41, 5.74) is 2.03. The zero-order chi connectivity index (χ0) is 14.5. The maximum atomic E-state index is 12.9. The van der Waals surface area contributed by atoms with Crippen molar-refractivity contribution in [2.45, 2.75) is 19.5 Å². The highest BCUT2D eigenvalue weighted by molar-refractivity contribution is 5.41. The molecule has 0 fully saturated rings. The maximum Gasteiger partial charge on any atom is 0.160 e. The summed E-state index contributed by atoms with van der Waals surface area (Å²) in [4.78, 5) is 0. The molecule has 0 aliphatic rings. The van der Waals surface area contributed by atoms with Gasteiger partial charge in [-0.05, 0) is 42.3 Å². The lowest BCUT2D eigenvalue weighted by Gasteiger charge is -2.15. The number of ether oxygens (including phenoxy) is 1. The minimum absolute atomic E-state index is 0.107. The molecule has 20 heavy (non-hydrogen) atoms. The number of benzene rings is 2. The number of hydrogen-bond donors (Lipinski definition) is 2. The topological polar surface area (TPSA) is 41.5 Å². The molecule has 0 saturated heterocycles. The van der Waals surface area contributed by atoms with E-state index in [0.717, 1.165) is 11.1 Å². The molecule has 0 heterocycles. The first-order valence-electron chi connectivity index (χ1n) is 6.45. The number of halogens is 1. The number of nitrogens with one attached hydrogen (secondary N) is 1. The summed E-state index contributed by atoms with van der Waals surface area (Å²) in [7, 11) is 1.52. The second-order valence-corrected chi connectivity index (χ2v) is 4.66. The van der Waals surface area contributed by atoms with Crippen LogP contribution in [-0.4, -0.2) is 12.2 Å². The van der Waals surface area contributed by atoms with Gasteiger partial charge < -0.3 is 15.2 Å². The van der Waals surface area contributed by atoms with Gasteiger partial charge in [0.05, 0.1) is 7.11 Å². The number of hydrogen-bond acceptors (Lipinski definition) is 3. The molecule has 2 aromatic carbocycles. The van der Waals surface area contributed by atoms with Gasteiger partial charge in [-0.2, -0.15) is 0 Å². The van der Waals surface area contributed by atoms with Crippen molar-refractivity contribution >= 4 is 0 Å². The third kappa shape index (κ3) is 3.48. The third-order valence-corrected chi connectivity index (χ3v) is 3.23. The van der Waals surface area contributed by atoms with Gasteiger partial charge in [0.1, 0.15) is 5.82 Å². The van der Waals surface area contributed by atoms with Crippen molar-refractivity contribution in [2.24, 2.45) is 0 Å². The Kier molecular flexibility index (Phi) is 4.58. The fourth-order valence-corrected chi connectivity index (χ4v) is 1.97. The van der Waals surface area contributed by atoms with Crippen LogP contribution in [0.1, 0.15) is 24.1 Å². The number of phenols is 1. The van der Waals surface area contributed by atoms with Crippen molar-refractivity contribution in [2.75, 3.05) is 7.11 Å². The summed E-state index contributed by atoms with van der Waals surface area (Å²) in [5.74, 6) is 0.353. The first kappa shape index (κ1) is 14.3. The van der Waals surface area contributed by atoms with Crippen molar-refractivity contribution in [3.8, 4) is 11.5 Å². The van der Waals surface area contributed by atoms with Gasteiger partial charge in [-0.25, -0.2) is 4.39 Å². The maximum absolute atomic E-state index is 12.9. The first-order valence-corrected chi connectivity index (χ1v) is 6.45. The van der Waals surface area contributed by atoms with Crippen LogP contribution < -0.4 is 10.1 Å². The van der Waals surface area contributed by atoms with Crippen LogP contribution in [-0.2, 0) is 6.54 Å². The van der Waals surface area contributed by atoms with E-state index in [1.54, 1.807) is 24.3 Å². The average molecular weight is 275 g/mol. The monoisotopic (exact) mass is 275 g/mol. The zero-order valence-electron chi connectivity index (χ0n) is 11.6. The molecule has 0 spiro atoms. The molecule has 1 unspecified atom stereocenters. The minimum Gasteiger partial charge on any atom is -0.504 e. The van der Waals surface area contributed by atoms with Crippen molar-refractivity contribution in [1.82, 2.24) is 5.32 Å². The van der Waals surface area contributed by atoms with Crippen LogP contribution in [0.25, 0.3) is 0 Å². The van der Waals surface area contributed by atoms with Gasteiger partial charge in [0.2, 0.25) is 0 Å². The summed E-state index contributed by atoms with van der Waals surface area (Å²) >= 11 is 0. The lowest BCUT2D eigenvalue weighted by molar-refractivity contribution is 0.372. The fourth-order valence-electron chi connectivity index (χ4n) is 1.97. The Morgan fingerprint density at radius 2 is 1.90 bits per heavy atom. The molecule has 0 aliphatic heterocycles. The number of rotatable bonds is 5. The van der Waals surface area contributed by atoms with Gasteiger partial charge in [-0.15, -0.1) is 0 Å². The third-order valence-electron chi connectivity index (χ3n) is 3.23. The van der Waals surface area contributed by atoms with Crippen molar-refractivity contribution in [1.29, 1.82) is 0 Å². The summed E-state index contributed by atoms with van der Waals surface area (Å²) in [5, 5.41) is 12.9. The molecule has 3 nitrogen and oxygen atoms in total. The normalized spacial score (nSPS) is 12.2. The van der Waals surface area contributed by atoms with Crippen LogP contribution in [0.3, 0.4) is 0 Å². The Hall–Kier alpha value is -2.07. The van der Waals surface area contributed by atoms with E-state index in [0.29, 0.717) is 12.3 Å². The van der Waals surface area contributed by atoms with E-state index < -0.39 is 0 Å². The van der Waals surface area contributed by atoms with E-state index in [2.05, 4.69) is 5.32 Å². The van der Waals surface area contributed by atoms with Crippen LogP contribution in [0, 0.1) is 5.82 Å². The largest absolute Gasteiger partial charge is 0.504 e. The summed E-state index contributed by atoms with van der Waals surface area (Å²) in [6.45, 7) is 2.65. The Bertz CT molecular complexity index is 569. The van der Waals surface area contributed by atoms with Gasteiger partial charge in [0.25, 0.3) is 0 Å². The van der Waals surface area contributed by atoms with E-state index in [1.807, 2.05) is 13.0 Å². The lowest BCUT2D eigenvalue weighted by Crippen LogP contribution is -2.18. The van der Waals surface area contributed by atoms with Gasteiger partial charge in [-0.1, -0.05) is 18.2 Å². The lowest BCUT2D eigenvalue weighted by atomic mass is 10.1. The SMILES string of the molecule is COc1cc(CNC(C)c2ccc(F)cc2)ccc1O. The Balaban J connectivity index is 1.99. The van der Waals surface area contributed by atoms with Crippen LogP contribution in [0.4, 0.5) is 4.39 Å². The van der Waals surface area contributed by atoms with E-state index in [9.17, 15) is 9.50 Å². The van der Waals surface area contributed by atoms with E-state index >= 15 is 0 Å². The quantitative estimate of drug-likeness (QED) is 0.879. The van der Waals surface area contributed by atoms with Gasteiger partial charge >= 0.3 is 0 Å². The Morgan fingerprint density at radius 3 is 2.55 bits per heavy atom. The summed E-state index contributed by atoms with van der Waals surface area (Å²) in [6, 6.07) is 11.8. The number of methoxy groups -OCH3 is 1. The molecule has 0 aromatic heterocycles. The van der Waals surface area contributed by atoms with Crippen molar-refractivity contribution < 1.29 is 14.2 Å². The van der Waals surface area contributed by atoms with Crippen LogP contribution in [0.15, 0.2) is 42.5 Å². The molecular formula is C16H18FNO2. The van der Waals surface area contributed by atoms with E-state index in [4.69, 9.17) is 4.74 Å². The van der Waals surface area contributed by atoms with E-state index in [-0.39, 0.29) is 17.6 Å². The number of phenolic OH excluding ortho intramolecular Hbond substituents is 1. The molecule has 0 amide bonds. The van der Waals surface area contributed by atoms with Gasteiger partial charge in [-0.3, -0.25) is 0 Å². The van der Waals surface area contributed by atoms with Crippen molar-refractivity contribution in [3.63, 3.8) is 0 Å². The second kappa shape index (κ2) is 6.39. The molecule has 2 N–H and O–H groups in total. The standard InChI is InChI=1S/C16H18FNO2/c1-11(13-4-6-14(17)7-5-13)18-10-12-3-8-15(19)16(9-12)20-2/h3-9,11,18-19H,10H2,1-2H3. The predicted octanol–water partition coefficient (Wildman–Crippen LogP) is 3.39. The molecular weight excluding hydrogens is 257 g/mol. The molecule has 0 aliphatic carbocycles. The molecule has 4 heteroatoms. The second-order valence-electron chi connectivity index (χ2n) is 4.66. The smallest absolute Gasteiger partial charge is 0.160 e. The molecule has 1 atom stereocenters. The van der Waals surface area contributed by atoms with Crippen LogP contribution in [0.2, 0.25) is 0 Å². The minimum atomic E-state index is -0.232. The molecule has 0 saturated carbocycles. The van der Waals surface area contributed by atoms with Gasteiger partial charge in [0.15, 0.2) is 11.5 Å². The average Bonchev–Trinajstić information content (AvgIpc) is 2.46. The Labute approximate surface area is 118 Å². The fraction of sp³-hybridized carbons (Fsp3) is 0.250. The molecule has 0 bridgehead atoms. The first-order chi connectivity index (χ1) is 9.60. The molecule has 2 aromatic rings. The summed E-state index contributed by atoms with van der Waals surface area (Å²) < 4.78 is 17.9. The summed E-state index contributed by atoms with van der Waals surface area (Å²) in [6.07, 6.45) is 0. The van der Waals surface area contributed by atoms with E-state index in [1.165, 1.54) is 19.2 Å². The highest BCUT2D eigenvalue weighted by atomic mass is 19.1. The van der Waals surface area contributed by atoms with Gasteiger partial charge in [0, 0.05) is 12.6 Å². The molecule has 2 rings (SSSR count). The zero-order valence-corrected chi connectivity index (χ0v) is 11.6. The van der Waals surface area contributed by atoms with Crippen LogP contribution in [0.5, 0.6) is 11.5 Å². The molecule has 106 valence electrons. The Morgan fingerprint density at radius 1 is 1.20 bits per heavy atom. The number of aromatic hydroxyl groups is 1.